The lowest BCUT2D eigenvalue weighted by atomic mass is 9.66. The Balaban J connectivity index is 2.80. The van der Waals surface area contributed by atoms with Gasteiger partial charge in [0, 0.05) is 0 Å². The molecule has 1 saturated carbocycles. The minimum absolute atomic E-state index is 0.477. The van der Waals surface area contributed by atoms with Crippen molar-refractivity contribution in [2.24, 2.45) is 34.5 Å². The van der Waals surface area contributed by atoms with Gasteiger partial charge in [-0.2, -0.15) is 0 Å². The smallest absolute Gasteiger partial charge is 0.0238 e. The van der Waals surface area contributed by atoms with Crippen molar-refractivity contribution in [3.8, 4) is 0 Å². The van der Waals surface area contributed by atoms with Crippen molar-refractivity contribution < 1.29 is 0 Å². The van der Waals surface area contributed by atoms with Crippen LogP contribution in [0.5, 0.6) is 0 Å². The van der Waals surface area contributed by atoms with Crippen molar-refractivity contribution >= 4 is 0 Å². The predicted molar refractivity (Wildman–Crippen MR) is 91.9 cm³/mol. The van der Waals surface area contributed by atoms with E-state index in [-0.39, 0.29) is 0 Å². The quantitative estimate of drug-likeness (QED) is 0.429. The van der Waals surface area contributed by atoms with Crippen LogP contribution in [0.3, 0.4) is 0 Å². The molecule has 1 rings (SSSR count). The lowest BCUT2D eigenvalue weighted by Gasteiger charge is -2.39. The van der Waals surface area contributed by atoms with Gasteiger partial charge in [-0.1, -0.05) is 74.7 Å². The zero-order valence-electron chi connectivity index (χ0n) is 15.6. The van der Waals surface area contributed by atoms with Crippen LogP contribution in [0, 0.1) is 34.5 Å². The van der Waals surface area contributed by atoms with Crippen molar-refractivity contribution in [1.82, 2.24) is 0 Å². The third-order valence-electron chi connectivity index (χ3n) is 7.31. The molecule has 0 spiro atoms. The van der Waals surface area contributed by atoms with Crippen LogP contribution in [0.25, 0.3) is 0 Å². The fourth-order valence-electron chi connectivity index (χ4n) is 4.58. The molecule has 1 aliphatic carbocycles. The van der Waals surface area contributed by atoms with Crippen LogP contribution in [0.4, 0.5) is 0 Å². The average molecular weight is 281 g/mol. The second-order valence-electron chi connectivity index (χ2n) is 8.41. The molecule has 20 heavy (non-hydrogen) atoms. The van der Waals surface area contributed by atoms with Crippen LogP contribution >= 0.6 is 0 Å². The Hall–Kier alpha value is 0. The van der Waals surface area contributed by atoms with E-state index in [0.29, 0.717) is 10.8 Å². The fraction of sp³-hybridized carbons (Fsp3) is 1.00. The first kappa shape index (κ1) is 18.1. The van der Waals surface area contributed by atoms with Crippen molar-refractivity contribution in [3.05, 3.63) is 0 Å². The standard InChI is InChI=1S/C20H40/c1-9-12-13-17(10-2)20(11-3)14-18(20)16(6)19(7,8)15(4)5/h15-18H,9-14H2,1-8H3. The summed E-state index contributed by atoms with van der Waals surface area (Å²) in [5.74, 6) is 3.59. The van der Waals surface area contributed by atoms with Crippen LogP contribution < -0.4 is 0 Å². The van der Waals surface area contributed by atoms with Gasteiger partial charge in [-0.25, -0.2) is 0 Å². The Labute approximate surface area is 129 Å². The predicted octanol–water partition coefficient (Wildman–Crippen LogP) is 6.94. The summed E-state index contributed by atoms with van der Waals surface area (Å²) in [5.41, 5.74) is 1.17. The van der Waals surface area contributed by atoms with Crippen molar-refractivity contribution in [2.75, 3.05) is 0 Å². The molecule has 0 aliphatic heterocycles. The van der Waals surface area contributed by atoms with Gasteiger partial charge >= 0.3 is 0 Å². The van der Waals surface area contributed by atoms with Gasteiger partial charge < -0.3 is 0 Å². The van der Waals surface area contributed by atoms with E-state index in [9.17, 15) is 0 Å². The average Bonchev–Trinajstić information content (AvgIpc) is 3.14. The summed E-state index contributed by atoms with van der Waals surface area (Å²) in [4.78, 5) is 0. The van der Waals surface area contributed by atoms with Gasteiger partial charge in [0.1, 0.15) is 0 Å². The van der Waals surface area contributed by atoms with E-state index in [1.165, 1.54) is 38.5 Å². The van der Waals surface area contributed by atoms with Crippen molar-refractivity contribution in [2.45, 2.75) is 93.9 Å². The molecule has 0 amide bonds. The molecule has 4 unspecified atom stereocenters. The van der Waals surface area contributed by atoms with E-state index < -0.39 is 0 Å². The van der Waals surface area contributed by atoms with Gasteiger partial charge in [0.15, 0.2) is 0 Å². The van der Waals surface area contributed by atoms with Gasteiger partial charge in [-0.05, 0) is 53.8 Å². The second-order valence-corrected chi connectivity index (χ2v) is 8.41. The van der Waals surface area contributed by atoms with Crippen molar-refractivity contribution in [3.63, 3.8) is 0 Å². The van der Waals surface area contributed by atoms with Crippen molar-refractivity contribution in [1.29, 1.82) is 0 Å². The van der Waals surface area contributed by atoms with Gasteiger partial charge in [-0.3, -0.25) is 0 Å². The summed E-state index contributed by atoms with van der Waals surface area (Å²) in [6, 6.07) is 0. The highest BCUT2D eigenvalue weighted by Crippen LogP contribution is 2.67. The molecular weight excluding hydrogens is 240 g/mol. The first-order valence-electron chi connectivity index (χ1n) is 9.27. The van der Waals surface area contributed by atoms with Gasteiger partial charge in [0.05, 0.1) is 0 Å². The molecule has 1 fully saturated rings. The Bertz CT molecular complexity index is 288. The van der Waals surface area contributed by atoms with E-state index in [0.717, 1.165) is 23.7 Å². The van der Waals surface area contributed by atoms with Gasteiger partial charge in [-0.15, -0.1) is 0 Å². The summed E-state index contributed by atoms with van der Waals surface area (Å²) in [5, 5.41) is 0. The molecule has 1 aliphatic rings. The zero-order valence-corrected chi connectivity index (χ0v) is 15.6. The Kier molecular flexibility index (Phi) is 6.17. The number of unbranched alkanes of at least 4 members (excludes halogenated alkanes) is 1. The maximum atomic E-state index is 2.54. The monoisotopic (exact) mass is 280 g/mol. The summed E-state index contributed by atoms with van der Waals surface area (Å²) in [7, 11) is 0. The maximum absolute atomic E-state index is 2.54. The Morgan fingerprint density at radius 2 is 1.70 bits per heavy atom. The molecule has 0 N–H and O–H groups in total. The molecule has 0 aromatic heterocycles. The Morgan fingerprint density at radius 3 is 2.10 bits per heavy atom. The normalized spacial score (nSPS) is 29.6. The molecule has 4 atom stereocenters. The number of hydrogen-bond donors (Lipinski definition) is 0. The molecule has 120 valence electrons. The van der Waals surface area contributed by atoms with Crippen LogP contribution in [-0.4, -0.2) is 0 Å². The highest BCUT2D eigenvalue weighted by molar-refractivity contribution is 5.08. The maximum Gasteiger partial charge on any atom is -0.0238 e. The summed E-state index contributed by atoms with van der Waals surface area (Å²) in [6.45, 7) is 19.5. The minimum atomic E-state index is 0.477. The lowest BCUT2D eigenvalue weighted by Crippen LogP contribution is -2.32. The molecule has 0 aromatic carbocycles. The molecule has 0 radical (unpaired) electrons. The molecule has 0 aromatic rings. The number of hydrogen-bond acceptors (Lipinski definition) is 0. The molecule has 0 heteroatoms. The van der Waals surface area contributed by atoms with Crippen LogP contribution in [0.15, 0.2) is 0 Å². The molecular formula is C20H40. The van der Waals surface area contributed by atoms with E-state index in [2.05, 4.69) is 55.4 Å². The van der Waals surface area contributed by atoms with Gasteiger partial charge in [0.25, 0.3) is 0 Å². The molecule has 0 heterocycles. The zero-order chi connectivity index (χ0) is 15.6. The van der Waals surface area contributed by atoms with E-state index >= 15 is 0 Å². The summed E-state index contributed by atoms with van der Waals surface area (Å²) < 4.78 is 0. The largest absolute Gasteiger partial charge is 0.0654 e. The number of rotatable bonds is 9. The topological polar surface area (TPSA) is 0 Å². The summed E-state index contributed by atoms with van der Waals surface area (Å²) >= 11 is 0. The first-order chi connectivity index (χ1) is 9.27. The molecule has 0 saturated heterocycles. The summed E-state index contributed by atoms with van der Waals surface area (Å²) in [6.07, 6.45) is 8.54. The lowest BCUT2D eigenvalue weighted by molar-refractivity contribution is 0.101. The molecule has 0 bridgehead atoms. The highest BCUT2D eigenvalue weighted by Gasteiger charge is 2.60. The second kappa shape index (κ2) is 6.84. The van der Waals surface area contributed by atoms with Crippen LogP contribution in [-0.2, 0) is 0 Å². The highest BCUT2D eigenvalue weighted by atomic mass is 14.6. The van der Waals surface area contributed by atoms with E-state index in [1.807, 2.05) is 0 Å². The van der Waals surface area contributed by atoms with E-state index in [1.54, 1.807) is 0 Å². The SMILES string of the molecule is CCCCC(CC)C1(CC)CC1C(C)C(C)(C)C(C)C. The van der Waals surface area contributed by atoms with Gasteiger partial charge in [0.2, 0.25) is 0 Å². The van der Waals surface area contributed by atoms with Crippen LogP contribution in [0.1, 0.15) is 93.9 Å². The minimum Gasteiger partial charge on any atom is -0.0654 e. The third kappa shape index (κ3) is 3.25. The fourth-order valence-corrected chi connectivity index (χ4v) is 4.58. The van der Waals surface area contributed by atoms with E-state index in [4.69, 9.17) is 0 Å². The first-order valence-corrected chi connectivity index (χ1v) is 9.27. The third-order valence-corrected chi connectivity index (χ3v) is 7.31. The van der Waals surface area contributed by atoms with Crippen LogP contribution in [0.2, 0.25) is 0 Å². The Morgan fingerprint density at radius 1 is 1.10 bits per heavy atom. The molecule has 0 nitrogen and oxygen atoms in total.